The first-order valence-electron chi connectivity index (χ1n) is 10.1. The van der Waals surface area contributed by atoms with Gasteiger partial charge in [0.1, 0.15) is 28.9 Å². The van der Waals surface area contributed by atoms with E-state index in [1.165, 1.54) is 16.7 Å². The first kappa shape index (κ1) is 20.9. The molecule has 2 atom stereocenters. The average Bonchev–Trinajstić information content (AvgIpc) is 2.72. The second kappa shape index (κ2) is 8.08. The van der Waals surface area contributed by atoms with Crippen LogP contribution in [-0.2, 0) is 13.6 Å². The summed E-state index contributed by atoms with van der Waals surface area (Å²) in [7, 11) is 1.68. The zero-order chi connectivity index (χ0) is 22.3. The number of nitriles is 1. The van der Waals surface area contributed by atoms with Crippen molar-refractivity contribution in [3.05, 3.63) is 69.6 Å². The van der Waals surface area contributed by atoms with E-state index in [-0.39, 0.29) is 17.6 Å². The average molecular weight is 423 g/mol. The number of piperazine rings is 1. The van der Waals surface area contributed by atoms with Gasteiger partial charge in [0.15, 0.2) is 0 Å². The Hall–Kier alpha value is -3.31. The smallest absolute Gasteiger partial charge is 0.252 e. The van der Waals surface area contributed by atoms with E-state index in [1.54, 1.807) is 25.2 Å². The maximum atomic E-state index is 13.6. The van der Waals surface area contributed by atoms with Gasteiger partial charge in [0, 0.05) is 50.9 Å². The number of hydrogen-bond acceptors (Lipinski definition) is 5. The summed E-state index contributed by atoms with van der Waals surface area (Å²) < 4.78 is 28.7. The summed E-state index contributed by atoms with van der Waals surface area (Å²) in [6, 6.07) is 10.7. The van der Waals surface area contributed by atoms with Crippen LogP contribution in [0.5, 0.6) is 0 Å². The summed E-state index contributed by atoms with van der Waals surface area (Å²) in [5.74, 6) is -1.17. The fourth-order valence-corrected chi connectivity index (χ4v) is 4.28. The van der Waals surface area contributed by atoms with Crippen LogP contribution in [0.1, 0.15) is 25.1 Å². The zero-order valence-electron chi connectivity index (χ0n) is 17.6. The molecule has 0 unspecified atom stereocenters. The molecule has 0 N–H and O–H groups in total. The summed E-state index contributed by atoms with van der Waals surface area (Å²) in [5, 5.41) is 9.28. The molecule has 1 saturated heterocycles. The summed E-state index contributed by atoms with van der Waals surface area (Å²) in [4.78, 5) is 21.4. The predicted molar refractivity (Wildman–Crippen MR) is 115 cm³/mol. The Balaban J connectivity index is 1.67. The predicted octanol–water partition coefficient (Wildman–Crippen LogP) is 3.18. The van der Waals surface area contributed by atoms with Gasteiger partial charge in [-0.1, -0.05) is 0 Å². The molecular weight excluding hydrogens is 400 g/mol. The van der Waals surface area contributed by atoms with Gasteiger partial charge in [-0.2, -0.15) is 5.26 Å². The molecule has 0 aliphatic carbocycles. The zero-order valence-corrected chi connectivity index (χ0v) is 17.6. The standard InChI is InChI=1S/C23H23F2N5O/c1-14-12-30(15(2)11-29(14)13-16-6-17(24)8-18(25)7-16)21-9-22(31)28(3)20-5-4-19(10-26)27-23(20)21/h4-9,14-15H,11-13H2,1-3H3/t14-,15+/m1/s1. The van der Waals surface area contributed by atoms with Crippen LogP contribution in [0.2, 0.25) is 0 Å². The second-order valence-corrected chi connectivity index (χ2v) is 8.16. The van der Waals surface area contributed by atoms with E-state index in [2.05, 4.69) is 20.9 Å². The fourth-order valence-electron chi connectivity index (χ4n) is 4.28. The number of hydrogen-bond donors (Lipinski definition) is 0. The third kappa shape index (κ3) is 4.01. The van der Waals surface area contributed by atoms with Crippen molar-refractivity contribution in [2.24, 2.45) is 7.05 Å². The molecule has 1 aliphatic rings. The number of pyridine rings is 2. The Labute approximate surface area is 179 Å². The first-order valence-corrected chi connectivity index (χ1v) is 10.1. The lowest BCUT2D eigenvalue weighted by molar-refractivity contribution is 0.158. The second-order valence-electron chi connectivity index (χ2n) is 8.16. The number of anilines is 1. The van der Waals surface area contributed by atoms with Gasteiger partial charge in [0.25, 0.3) is 5.56 Å². The van der Waals surface area contributed by atoms with Gasteiger partial charge in [-0.3, -0.25) is 9.69 Å². The number of fused-ring (bicyclic) bond motifs is 1. The highest BCUT2D eigenvalue weighted by Gasteiger charge is 2.31. The quantitative estimate of drug-likeness (QED) is 0.648. The molecule has 4 rings (SSSR count). The molecule has 0 spiro atoms. The van der Waals surface area contributed by atoms with Crippen molar-refractivity contribution in [3.8, 4) is 6.07 Å². The lowest BCUT2D eigenvalue weighted by atomic mass is 10.0. The highest BCUT2D eigenvalue weighted by molar-refractivity contribution is 5.89. The molecule has 3 heterocycles. The molecule has 0 bridgehead atoms. The Kier molecular flexibility index (Phi) is 5.46. The van der Waals surface area contributed by atoms with Crippen molar-refractivity contribution in [3.63, 3.8) is 0 Å². The van der Waals surface area contributed by atoms with Gasteiger partial charge in [-0.05, 0) is 43.7 Å². The molecule has 0 radical (unpaired) electrons. The highest BCUT2D eigenvalue weighted by atomic mass is 19.1. The van der Waals surface area contributed by atoms with E-state index < -0.39 is 11.6 Å². The van der Waals surface area contributed by atoms with Crippen molar-refractivity contribution in [1.29, 1.82) is 5.26 Å². The van der Waals surface area contributed by atoms with E-state index in [0.29, 0.717) is 47.6 Å². The summed E-state index contributed by atoms with van der Waals surface area (Å²) in [5.41, 5.74) is 2.71. The van der Waals surface area contributed by atoms with Gasteiger partial charge in [0.2, 0.25) is 0 Å². The van der Waals surface area contributed by atoms with Crippen LogP contribution in [0, 0.1) is 23.0 Å². The fraction of sp³-hybridized carbons (Fsp3) is 0.348. The van der Waals surface area contributed by atoms with Crippen molar-refractivity contribution >= 4 is 16.7 Å². The van der Waals surface area contributed by atoms with Gasteiger partial charge in [-0.25, -0.2) is 13.8 Å². The number of rotatable bonds is 3. The number of benzene rings is 1. The van der Waals surface area contributed by atoms with Crippen LogP contribution in [0.3, 0.4) is 0 Å². The molecule has 2 aromatic heterocycles. The molecule has 8 heteroatoms. The monoisotopic (exact) mass is 423 g/mol. The van der Waals surface area contributed by atoms with E-state index in [9.17, 15) is 18.8 Å². The van der Waals surface area contributed by atoms with E-state index in [1.807, 2.05) is 13.8 Å². The van der Waals surface area contributed by atoms with Gasteiger partial charge in [0.05, 0.1) is 11.2 Å². The Bertz CT molecular complexity index is 1230. The van der Waals surface area contributed by atoms with Gasteiger partial charge < -0.3 is 9.47 Å². The normalized spacial score (nSPS) is 19.5. The van der Waals surface area contributed by atoms with Crippen LogP contribution < -0.4 is 10.5 Å². The highest BCUT2D eigenvalue weighted by Crippen LogP contribution is 2.29. The van der Waals surface area contributed by atoms with Crippen LogP contribution in [-0.4, -0.2) is 39.6 Å². The van der Waals surface area contributed by atoms with Crippen LogP contribution in [0.15, 0.2) is 41.2 Å². The summed E-state index contributed by atoms with van der Waals surface area (Å²) in [6.45, 7) is 5.78. The van der Waals surface area contributed by atoms with Crippen molar-refractivity contribution in [2.45, 2.75) is 32.5 Å². The molecule has 0 amide bonds. The number of aryl methyl sites for hydroxylation is 1. The largest absolute Gasteiger partial charge is 0.364 e. The first-order chi connectivity index (χ1) is 14.8. The summed E-state index contributed by atoms with van der Waals surface area (Å²) >= 11 is 0. The van der Waals surface area contributed by atoms with Crippen LogP contribution in [0.25, 0.3) is 11.0 Å². The third-order valence-electron chi connectivity index (χ3n) is 5.92. The molecule has 0 saturated carbocycles. The van der Waals surface area contributed by atoms with Crippen LogP contribution >= 0.6 is 0 Å². The van der Waals surface area contributed by atoms with Crippen LogP contribution in [0.4, 0.5) is 14.5 Å². The molecule has 160 valence electrons. The molecule has 6 nitrogen and oxygen atoms in total. The molecule has 3 aromatic rings. The number of halogens is 2. The molecule has 1 fully saturated rings. The minimum atomic E-state index is -0.583. The van der Waals surface area contributed by atoms with Crippen molar-refractivity contribution in [2.75, 3.05) is 18.0 Å². The molecular formula is C23H23F2N5O. The van der Waals surface area contributed by atoms with E-state index in [4.69, 9.17) is 0 Å². The lowest BCUT2D eigenvalue weighted by Crippen LogP contribution is -2.56. The van der Waals surface area contributed by atoms with Crippen molar-refractivity contribution < 1.29 is 8.78 Å². The SMILES string of the molecule is C[C@@H]1CN(c2cc(=O)n(C)c3ccc(C#N)nc23)[C@@H](C)CN1Cc1cc(F)cc(F)c1. The minimum absolute atomic E-state index is 0.0254. The van der Waals surface area contributed by atoms with Crippen molar-refractivity contribution in [1.82, 2.24) is 14.5 Å². The third-order valence-corrected chi connectivity index (χ3v) is 5.92. The van der Waals surface area contributed by atoms with E-state index >= 15 is 0 Å². The minimum Gasteiger partial charge on any atom is -0.364 e. The Morgan fingerprint density at radius 1 is 1.10 bits per heavy atom. The maximum absolute atomic E-state index is 13.6. The van der Waals surface area contributed by atoms with E-state index in [0.717, 1.165) is 6.07 Å². The molecule has 1 aliphatic heterocycles. The number of nitrogens with zero attached hydrogens (tertiary/aromatic N) is 5. The summed E-state index contributed by atoms with van der Waals surface area (Å²) in [6.07, 6.45) is 0. The lowest BCUT2D eigenvalue weighted by Gasteiger charge is -2.45. The maximum Gasteiger partial charge on any atom is 0.252 e. The topological polar surface area (TPSA) is 65.2 Å². The number of aromatic nitrogens is 2. The van der Waals surface area contributed by atoms with Gasteiger partial charge >= 0.3 is 0 Å². The molecule has 31 heavy (non-hydrogen) atoms. The Morgan fingerprint density at radius 2 is 1.81 bits per heavy atom. The Morgan fingerprint density at radius 3 is 2.48 bits per heavy atom. The molecule has 1 aromatic carbocycles. The van der Waals surface area contributed by atoms with Gasteiger partial charge in [-0.15, -0.1) is 0 Å².